The summed E-state index contributed by atoms with van der Waals surface area (Å²) in [5.41, 5.74) is 2.68. The van der Waals surface area contributed by atoms with Gasteiger partial charge in [-0.15, -0.1) is 0 Å². The number of sulfonamides is 1. The molecule has 2 aliphatic rings. The van der Waals surface area contributed by atoms with E-state index in [9.17, 15) is 8.42 Å². The molecule has 0 spiro atoms. The van der Waals surface area contributed by atoms with E-state index >= 15 is 4.39 Å². The summed E-state index contributed by atoms with van der Waals surface area (Å²) >= 11 is 0. The Morgan fingerprint density at radius 3 is 2.43 bits per heavy atom. The van der Waals surface area contributed by atoms with Gasteiger partial charge in [0.25, 0.3) is 0 Å². The maximum absolute atomic E-state index is 16.1. The molecule has 0 unspecified atom stereocenters. The molecule has 2 aromatic carbocycles. The van der Waals surface area contributed by atoms with Crippen LogP contribution in [0.5, 0.6) is 11.6 Å². The fraction of sp³-hybridized carbons (Fsp3) is 0.486. The van der Waals surface area contributed by atoms with E-state index in [1.165, 1.54) is 16.4 Å². The van der Waals surface area contributed by atoms with Gasteiger partial charge in [-0.25, -0.2) is 22.2 Å². The molecule has 4 aromatic rings. The molecule has 12 heteroatoms. The smallest absolute Gasteiger partial charge is 0.244 e. The van der Waals surface area contributed by atoms with Crippen LogP contribution in [0, 0.1) is 5.82 Å². The minimum atomic E-state index is -3.85. The summed E-state index contributed by atoms with van der Waals surface area (Å²) in [7, 11) is -0.365. The van der Waals surface area contributed by atoms with Gasteiger partial charge in [0.05, 0.1) is 35.1 Å². The molecule has 2 aromatic heterocycles. The van der Waals surface area contributed by atoms with Crippen LogP contribution in [-0.4, -0.2) is 45.5 Å². The predicted molar refractivity (Wildman–Crippen MR) is 179 cm³/mol. The number of rotatable bonds is 8. The standard InChI is InChI=1S/C35H45FN6O4S/c1-34(2,3)27-19-37-40(7)33(27)46-25-14-11-23(17-25)29-18-31(42(39-29)35(4,5)6)38-28-15-16-30-26(32(28)36)21-41(47(30,43)44)20-22-9-12-24(45-8)13-10-22/h9-10,12-13,15-16,18-19,23,25,38H,11,14,17,20-21H2,1-8H3/t23-,25+/m0/s1. The van der Waals surface area contributed by atoms with Gasteiger partial charge in [0, 0.05) is 43.2 Å². The SMILES string of the molecule is COc1ccc(CN2Cc3c(ccc(Nc4cc([C@H]5CC[C@@H](Oc6c(C(C)(C)C)cnn6C)C5)nn4C(C)(C)C)c3F)S2(=O)=O)cc1. The monoisotopic (exact) mass is 664 g/mol. The predicted octanol–water partition coefficient (Wildman–Crippen LogP) is 6.98. The number of hydrogen-bond donors (Lipinski definition) is 1. The van der Waals surface area contributed by atoms with Crippen molar-refractivity contribution in [1.29, 1.82) is 0 Å². The Balaban J connectivity index is 1.22. The normalized spacial score (nSPS) is 19.6. The van der Waals surface area contributed by atoms with Gasteiger partial charge in [-0.3, -0.25) is 0 Å². The van der Waals surface area contributed by atoms with E-state index in [2.05, 4.69) is 52.0 Å². The molecule has 6 rings (SSSR count). The van der Waals surface area contributed by atoms with Crippen LogP contribution in [0.1, 0.15) is 89.1 Å². The molecule has 0 radical (unpaired) electrons. The number of nitrogens with one attached hydrogen (secondary N) is 1. The number of nitrogens with zero attached hydrogens (tertiary/aromatic N) is 5. The lowest BCUT2D eigenvalue weighted by Gasteiger charge is -2.23. The van der Waals surface area contributed by atoms with Crippen LogP contribution in [0.3, 0.4) is 0 Å². The van der Waals surface area contributed by atoms with E-state index in [-0.39, 0.29) is 46.7 Å². The van der Waals surface area contributed by atoms with Gasteiger partial charge in [-0.1, -0.05) is 32.9 Å². The van der Waals surface area contributed by atoms with E-state index in [1.807, 2.05) is 36.1 Å². The van der Waals surface area contributed by atoms with E-state index in [0.717, 1.165) is 42.0 Å². The number of fused-ring (bicyclic) bond motifs is 1. The van der Waals surface area contributed by atoms with E-state index in [0.29, 0.717) is 11.6 Å². The number of anilines is 2. The first-order valence-electron chi connectivity index (χ1n) is 16.1. The van der Waals surface area contributed by atoms with Crippen LogP contribution in [-0.2, 0) is 41.1 Å². The molecule has 1 aliphatic heterocycles. The zero-order chi connectivity index (χ0) is 33.9. The second kappa shape index (κ2) is 12.0. The van der Waals surface area contributed by atoms with Crippen LogP contribution in [0.15, 0.2) is 53.6 Å². The number of ether oxygens (including phenoxy) is 2. The van der Waals surface area contributed by atoms with E-state index < -0.39 is 21.4 Å². The average Bonchev–Trinajstić information content (AvgIpc) is 3.77. The molecule has 1 aliphatic carbocycles. The van der Waals surface area contributed by atoms with Crippen molar-refractivity contribution >= 4 is 21.5 Å². The van der Waals surface area contributed by atoms with Crippen molar-refractivity contribution in [1.82, 2.24) is 23.9 Å². The Hall–Kier alpha value is -3.90. The Morgan fingerprint density at radius 1 is 1.04 bits per heavy atom. The molecular weight excluding hydrogens is 619 g/mol. The zero-order valence-corrected chi connectivity index (χ0v) is 29.3. The highest BCUT2D eigenvalue weighted by molar-refractivity contribution is 7.89. The van der Waals surface area contributed by atoms with Crippen molar-refractivity contribution in [3.63, 3.8) is 0 Å². The minimum Gasteiger partial charge on any atom is -0.497 e. The quantitative estimate of drug-likeness (QED) is 0.217. The minimum absolute atomic E-state index is 0.000817. The van der Waals surface area contributed by atoms with Crippen molar-refractivity contribution < 1.29 is 22.3 Å². The average molecular weight is 665 g/mol. The molecule has 0 saturated heterocycles. The molecular formula is C35H45FN6O4S. The number of benzene rings is 2. The molecule has 3 heterocycles. The zero-order valence-electron chi connectivity index (χ0n) is 28.5. The third-order valence-electron chi connectivity index (χ3n) is 9.07. The summed E-state index contributed by atoms with van der Waals surface area (Å²) in [4.78, 5) is -0.000817. The van der Waals surface area contributed by atoms with Crippen LogP contribution in [0.4, 0.5) is 15.9 Å². The van der Waals surface area contributed by atoms with Crippen molar-refractivity contribution in [2.75, 3.05) is 12.4 Å². The molecule has 252 valence electrons. The first-order chi connectivity index (χ1) is 22.1. The summed E-state index contributed by atoms with van der Waals surface area (Å²) in [6.07, 6.45) is 4.54. The molecule has 2 atom stereocenters. The highest BCUT2D eigenvalue weighted by atomic mass is 32.2. The lowest BCUT2D eigenvalue weighted by molar-refractivity contribution is 0.186. The Labute approximate surface area is 276 Å². The summed E-state index contributed by atoms with van der Waals surface area (Å²) in [5, 5.41) is 12.7. The fourth-order valence-corrected chi connectivity index (χ4v) is 8.06. The lowest BCUT2D eigenvalue weighted by atomic mass is 9.89. The number of halogens is 1. The van der Waals surface area contributed by atoms with Crippen LogP contribution >= 0.6 is 0 Å². The topological polar surface area (TPSA) is 104 Å². The maximum Gasteiger partial charge on any atom is 0.244 e. The highest BCUT2D eigenvalue weighted by Crippen LogP contribution is 2.41. The van der Waals surface area contributed by atoms with Gasteiger partial charge in [-0.05, 0) is 75.3 Å². The molecule has 47 heavy (non-hydrogen) atoms. The number of aromatic nitrogens is 4. The molecule has 1 N–H and O–H groups in total. The maximum atomic E-state index is 16.1. The molecule has 1 saturated carbocycles. The number of methoxy groups -OCH3 is 1. The van der Waals surface area contributed by atoms with Gasteiger partial charge in [0.2, 0.25) is 15.9 Å². The van der Waals surface area contributed by atoms with Crippen molar-refractivity contribution in [3.8, 4) is 11.6 Å². The van der Waals surface area contributed by atoms with Gasteiger partial charge in [-0.2, -0.15) is 14.5 Å². The molecule has 1 fully saturated rings. The molecule has 0 bridgehead atoms. The number of hydrogen-bond acceptors (Lipinski definition) is 7. The van der Waals surface area contributed by atoms with Crippen LogP contribution in [0.25, 0.3) is 0 Å². The van der Waals surface area contributed by atoms with Gasteiger partial charge in [0.15, 0.2) is 5.82 Å². The Kier molecular flexibility index (Phi) is 8.40. The summed E-state index contributed by atoms with van der Waals surface area (Å²) < 4.78 is 59.6. The van der Waals surface area contributed by atoms with Crippen LogP contribution in [0.2, 0.25) is 0 Å². The van der Waals surface area contributed by atoms with Gasteiger partial charge in [0.1, 0.15) is 17.7 Å². The van der Waals surface area contributed by atoms with Crippen molar-refractivity contribution in [2.24, 2.45) is 7.05 Å². The van der Waals surface area contributed by atoms with Gasteiger partial charge >= 0.3 is 0 Å². The molecule has 0 amide bonds. The first-order valence-corrected chi connectivity index (χ1v) is 17.5. The first kappa shape index (κ1) is 33.0. The third kappa shape index (κ3) is 6.37. The Morgan fingerprint density at radius 2 is 1.77 bits per heavy atom. The largest absolute Gasteiger partial charge is 0.497 e. The second-order valence-electron chi connectivity index (χ2n) is 14.7. The molecule has 10 nitrogen and oxygen atoms in total. The number of aryl methyl sites for hydroxylation is 1. The Bertz CT molecular complexity index is 1890. The van der Waals surface area contributed by atoms with Crippen molar-refractivity contribution in [2.45, 2.75) is 102 Å². The van der Waals surface area contributed by atoms with E-state index in [4.69, 9.17) is 14.6 Å². The van der Waals surface area contributed by atoms with Crippen molar-refractivity contribution in [3.05, 3.63) is 76.9 Å². The fourth-order valence-electron chi connectivity index (χ4n) is 6.46. The lowest BCUT2D eigenvalue weighted by Crippen LogP contribution is -2.25. The summed E-state index contributed by atoms with van der Waals surface area (Å²) in [6, 6.07) is 12.2. The summed E-state index contributed by atoms with van der Waals surface area (Å²) in [5.74, 6) is 1.74. The second-order valence-corrected chi connectivity index (χ2v) is 16.6. The van der Waals surface area contributed by atoms with Crippen LogP contribution < -0.4 is 14.8 Å². The third-order valence-corrected chi connectivity index (χ3v) is 10.9. The summed E-state index contributed by atoms with van der Waals surface area (Å²) in [6.45, 7) is 12.7. The van der Waals surface area contributed by atoms with E-state index in [1.54, 1.807) is 23.9 Å². The van der Waals surface area contributed by atoms with Gasteiger partial charge < -0.3 is 14.8 Å². The highest BCUT2D eigenvalue weighted by Gasteiger charge is 2.38.